The number of amides is 2. The van der Waals surface area contributed by atoms with Gasteiger partial charge in [-0.3, -0.25) is 19.6 Å². The molecule has 0 radical (unpaired) electrons. The van der Waals surface area contributed by atoms with E-state index in [1.54, 1.807) is 36.8 Å². The molecule has 2 aromatic heterocycles. The number of rotatable bonds is 1. The zero-order valence-corrected chi connectivity index (χ0v) is 20.7. The lowest BCUT2D eigenvalue weighted by atomic mass is 9.87. The molecule has 190 valence electrons. The Morgan fingerprint density at radius 1 is 0.947 bits per heavy atom. The molecule has 0 saturated carbocycles. The molecule has 7 rings (SSSR count). The summed E-state index contributed by atoms with van der Waals surface area (Å²) in [5.74, 6) is 1.59. The normalized spacial score (nSPS) is 16.9. The van der Waals surface area contributed by atoms with E-state index in [1.807, 2.05) is 47.4 Å². The summed E-state index contributed by atoms with van der Waals surface area (Å²) < 4.78 is 12.1. The molecule has 2 amide bonds. The van der Waals surface area contributed by atoms with Crippen molar-refractivity contribution in [3.63, 3.8) is 0 Å². The van der Waals surface area contributed by atoms with E-state index < -0.39 is 0 Å². The summed E-state index contributed by atoms with van der Waals surface area (Å²) in [6, 6.07) is 18.7. The van der Waals surface area contributed by atoms with Gasteiger partial charge in [-0.2, -0.15) is 0 Å². The van der Waals surface area contributed by atoms with E-state index in [2.05, 4.69) is 15.3 Å². The predicted molar refractivity (Wildman–Crippen MR) is 140 cm³/mol. The SMILES string of the molecule is O=C1NCCCOc2cccc(c2)C2c3ccc(cc3CCN2C(=O)c2ccncc2)Oc2cncc1c2. The van der Waals surface area contributed by atoms with Gasteiger partial charge in [-0.15, -0.1) is 0 Å². The number of fused-ring (bicyclic) bond motifs is 6. The minimum absolute atomic E-state index is 0.0459. The first kappa shape index (κ1) is 23.7. The Hall–Kier alpha value is -4.72. The fraction of sp³-hybridized carbons (Fsp3) is 0.200. The van der Waals surface area contributed by atoms with Crippen molar-refractivity contribution in [3.8, 4) is 17.2 Å². The van der Waals surface area contributed by atoms with Crippen LogP contribution in [0.15, 0.2) is 85.5 Å². The highest BCUT2D eigenvalue weighted by atomic mass is 16.5. The summed E-state index contributed by atoms with van der Waals surface area (Å²) in [5.41, 5.74) is 4.13. The van der Waals surface area contributed by atoms with E-state index in [0.29, 0.717) is 55.2 Å². The Labute approximate surface area is 220 Å². The third-order valence-corrected chi connectivity index (χ3v) is 6.79. The van der Waals surface area contributed by atoms with E-state index in [1.165, 1.54) is 6.20 Å². The molecule has 3 aliphatic heterocycles. The van der Waals surface area contributed by atoms with Gasteiger partial charge in [0.15, 0.2) is 0 Å². The molecular weight excluding hydrogens is 480 g/mol. The molecule has 1 atom stereocenters. The van der Waals surface area contributed by atoms with Crippen LogP contribution in [-0.4, -0.2) is 46.4 Å². The van der Waals surface area contributed by atoms with Crippen molar-refractivity contribution >= 4 is 11.8 Å². The molecule has 0 aliphatic carbocycles. The van der Waals surface area contributed by atoms with Crippen LogP contribution < -0.4 is 14.8 Å². The van der Waals surface area contributed by atoms with Gasteiger partial charge in [0, 0.05) is 37.2 Å². The molecule has 4 aromatic rings. The Balaban J connectivity index is 1.43. The van der Waals surface area contributed by atoms with Crippen LogP contribution in [0.5, 0.6) is 17.2 Å². The van der Waals surface area contributed by atoms with E-state index in [-0.39, 0.29) is 17.9 Å². The average molecular weight is 507 g/mol. The van der Waals surface area contributed by atoms with Gasteiger partial charge < -0.3 is 19.7 Å². The van der Waals surface area contributed by atoms with Crippen molar-refractivity contribution in [1.82, 2.24) is 20.2 Å². The number of nitrogens with one attached hydrogen (secondary N) is 1. The molecule has 1 N–H and O–H groups in total. The molecule has 8 bridgehead atoms. The number of carbonyl (C=O) groups is 2. The summed E-state index contributed by atoms with van der Waals surface area (Å²) in [6.45, 7) is 1.45. The first-order valence-electron chi connectivity index (χ1n) is 12.6. The highest BCUT2D eigenvalue weighted by Gasteiger charge is 2.33. The number of aromatic nitrogens is 2. The van der Waals surface area contributed by atoms with E-state index in [9.17, 15) is 9.59 Å². The van der Waals surface area contributed by atoms with Gasteiger partial charge in [-0.1, -0.05) is 18.2 Å². The van der Waals surface area contributed by atoms with Crippen LogP contribution in [0.3, 0.4) is 0 Å². The fourth-order valence-electron chi connectivity index (χ4n) is 4.98. The van der Waals surface area contributed by atoms with Crippen LogP contribution in [0.1, 0.15) is 49.9 Å². The molecule has 8 nitrogen and oxygen atoms in total. The highest BCUT2D eigenvalue weighted by molar-refractivity contribution is 5.95. The zero-order valence-electron chi connectivity index (χ0n) is 20.7. The van der Waals surface area contributed by atoms with Crippen LogP contribution in [0.2, 0.25) is 0 Å². The summed E-state index contributed by atoms with van der Waals surface area (Å²) in [6.07, 6.45) is 7.70. The first-order valence-corrected chi connectivity index (χ1v) is 12.6. The second-order valence-electron chi connectivity index (χ2n) is 9.29. The Morgan fingerprint density at radius 2 is 1.84 bits per heavy atom. The Bertz CT molecular complexity index is 1490. The minimum Gasteiger partial charge on any atom is -0.494 e. The number of hydrogen-bond donors (Lipinski definition) is 1. The van der Waals surface area contributed by atoms with Crippen molar-refractivity contribution in [2.45, 2.75) is 18.9 Å². The topological polar surface area (TPSA) is 93.7 Å². The average Bonchev–Trinajstić information content (AvgIpc) is 2.96. The zero-order chi connectivity index (χ0) is 25.9. The summed E-state index contributed by atoms with van der Waals surface area (Å²) >= 11 is 0. The number of pyridine rings is 2. The lowest BCUT2D eigenvalue weighted by Crippen LogP contribution is -2.40. The van der Waals surface area contributed by atoms with Crippen LogP contribution in [0.4, 0.5) is 0 Å². The first-order chi connectivity index (χ1) is 18.7. The van der Waals surface area contributed by atoms with E-state index in [4.69, 9.17) is 9.47 Å². The quantitative estimate of drug-likeness (QED) is 0.407. The number of benzene rings is 2. The maximum Gasteiger partial charge on any atom is 0.254 e. The maximum atomic E-state index is 13.7. The van der Waals surface area contributed by atoms with Gasteiger partial charge in [0.2, 0.25) is 0 Å². The molecule has 3 aliphatic rings. The van der Waals surface area contributed by atoms with Crippen LogP contribution in [0.25, 0.3) is 0 Å². The van der Waals surface area contributed by atoms with Crippen molar-refractivity contribution in [3.05, 3.63) is 113 Å². The lowest BCUT2D eigenvalue weighted by Gasteiger charge is -2.38. The second kappa shape index (κ2) is 10.3. The number of ether oxygens (including phenoxy) is 2. The van der Waals surface area contributed by atoms with Crippen LogP contribution in [-0.2, 0) is 6.42 Å². The lowest BCUT2D eigenvalue weighted by molar-refractivity contribution is 0.0694. The third-order valence-electron chi connectivity index (χ3n) is 6.79. The van der Waals surface area contributed by atoms with E-state index >= 15 is 0 Å². The molecule has 0 spiro atoms. The molecule has 5 heterocycles. The van der Waals surface area contributed by atoms with Gasteiger partial charge in [-0.25, -0.2) is 0 Å². The molecule has 1 unspecified atom stereocenters. The van der Waals surface area contributed by atoms with Crippen molar-refractivity contribution < 1.29 is 19.1 Å². The Kier molecular flexibility index (Phi) is 6.44. The molecule has 8 heteroatoms. The summed E-state index contributed by atoms with van der Waals surface area (Å²) in [4.78, 5) is 36.4. The Morgan fingerprint density at radius 3 is 2.74 bits per heavy atom. The second-order valence-corrected chi connectivity index (χ2v) is 9.29. The summed E-state index contributed by atoms with van der Waals surface area (Å²) in [7, 11) is 0. The largest absolute Gasteiger partial charge is 0.494 e. The maximum absolute atomic E-state index is 13.7. The number of hydrogen-bond acceptors (Lipinski definition) is 6. The minimum atomic E-state index is -0.291. The molecular formula is C30H26N4O4. The molecule has 2 aromatic carbocycles. The summed E-state index contributed by atoms with van der Waals surface area (Å²) in [5, 5.41) is 2.90. The van der Waals surface area contributed by atoms with E-state index in [0.717, 1.165) is 22.4 Å². The fourth-order valence-corrected chi connectivity index (χ4v) is 4.98. The van der Waals surface area contributed by atoms with Crippen molar-refractivity contribution in [2.24, 2.45) is 0 Å². The van der Waals surface area contributed by atoms with Crippen molar-refractivity contribution in [1.29, 1.82) is 0 Å². The third kappa shape index (κ3) is 4.80. The van der Waals surface area contributed by atoms with Gasteiger partial charge >= 0.3 is 0 Å². The van der Waals surface area contributed by atoms with Gasteiger partial charge in [0.1, 0.15) is 17.2 Å². The monoisotopic (exact) mass is 506 g/mol. The smallest absolute Gasteiger partial charge is 0.254 e. The predicted octanol–water partition coefficient (Wildman–Crippen LogP) is 4.57. The number of nitrogens with zero attached hydrogens (tertiary/aromatic N) is 3. The van der Waals surface area contributed by atoms with Gasteiger partial charge in [0.25, 0.3) is 11.8 Å². The molecule has 38 heavy (non-hydrogen) atoms. The molecule has 0 saturated heterocycles. The van der Waals surface area contributed by atoms with Gasteiger partial charge in [-0.05, 0) is 72.0 Å². The molecule has 0 fully saturated rings. The standard InChI is InChI=1S/C30H26N4O4/c35-29-23-17-26(19-32-18-23)38-25-5-6-27-21(15-25)9-13-34(30(36)20-7-11-31-12-8-20)28(27)22-3-1-4-24(16-22)37-14-2-10-33-29/h1,3-8,11-12,15-19,28H,2,9-10,13-14H2,(H,33,35). The van der Waals surface area contributed by atoms with Crippen LogP contribution >= 0.6 is 0 Å². The highest BCUT2D eigenvalue weighted by Crippen LogP contribution is 2.39. The van der Waals surface area contributed by atoms with Crippen LogP contribution in [0, 0.1) is 0 Å². The van der Waals surface area contributed by atoms with Gasteiger partial charge in [0.05, 0.1) is 24.4 Å². The van der Waals surface area contributed by atoms with Crippen molar-refractivity contribution in [2.75, 3.05) is 19.7 Å². The number of carbonyl (C=O) groups excluding carboxylic acids is 2.